The van der Waals surface area contributed by atoms with E-state index in [0.29, 0.717) is 24.1 Å². The second kappa shape index (κ2) is 9.98. The van der Waals surface area contributed by atoms with Crippen LogP contribution < -0.4 is 16.0 Å². The van der Waals surface area contributed by atoms with E-state index in [1.807, 2.05) is 0 Å². The zero-order valence-electron chi connectivity index (χ0n) is 15.2. The first kappa shape index (κ1) is 19.2. The summed E-state index contributed by atoms with van der Waals surface area (Å²) < 4.78 is 5.23. The fourth-order valence-corrected chi connectivity index (χ4v) is 2.96. The molecule has 0 saturated heterocycles. The summed E-state index contributed by atoms with van der Waals surface area (Å²) in [5.41, 5.74) is 0.900. The molecule has 1 aliphatic carbocycles. The first-order valence-electron chi connectivity index (χ1n) is 8.81. The minimum absolute atomic E-state index is 0.120. The van der Waals surface area contributed by atoms with Crippen molar-refractivity contribution in [2.45, 2.75) is 25.7 Å². The number of aliphatic imine (C=N–C) groups is 1. The molecule has 2 rings (SSSR count). The van der Waals surface area contributed by atoms with Gasteiger partial charge in [-0.1, -0.05) is 6.42 Å². The maximum atomic E-state index is 11.9. The number of hydrogen-bond acceptors (Lipinski definition) is 4. The number of carbonyl (C=O) groups excluding carboxylic acids is 1. The molecule has 1 aromatic heterocycles. The second-order valence-corrected chi connectivity index (χ2v) is 6.45. The number of aromatic nitrogens is 1. The van der Waals surface area contributed by atoms with Crippen molar-refractivity contribution in [3.8, 4) is 0 Å². The molecule has 0 spiro atoms. The number of hydrogen-bond donors (Lipinski definition) is 3. The Morgan fingerprint density at radius 1 is 1.32 bits per heavy atom. The SMILES string of the molecule is CN=C(NCCNC(=O)c1cccnc1)NCC1(CCOC)CCC1. The summed E-state index contributed by atoms with van der Waals surface area (Å²) in [7, 11) is 3.51. The van der Waals surface area contributed by atoms with Gasteiger partial charge in [0, 0.05) is 52.8 Å². The van der Waals surface area contributed by atoms with Gasteiger partial charge in [0.05, 0.1) is 5.56 Å². The highest BCUT2D eigenvalue weighted by molar-refractivity contribution is 5.93. The molecule has 0 atom stereocenters. The zero-order chi connectivity index (χ0) is 18.0. The van der Waals surface area contributed by atoms with E-state index >= 15 is 0 Å². The summed E-state index contributed by atoms with van der Waals surface area (Å²) in [6.45, 7) is 2.83. The lowest BCUT2D eigenvalue weighted by molar-refractivity contribution is 0.0732. The molecule has 25 heavy (non-hydrogen) atoms. The number of amides is 1. The van der Waals surface area contributed by atoms with Crippen LogP contribution in [-0.2, 0) is 4.74 Å². The summed E-state index contributed by atoms with van der Waals surface area (Å²) in [6, 6.07) is 3.49. The van der Waals surface area contributed by atoms with Crippen LogP contribution in [0.1, 0.15) is 36.0 Å². The minimum Gasteiger partial charge on any atom is -0.385 e. The van der Waals surface area contributed by atoms with Crippen LogP contribution in [0.5, 0.6) is 0 Å². The molecule has 1 aromatic rings. The number of rotatable bonds is 9. The van der Waals surface area contributed by atoms with Gasteiger partial charge in [-0.05, 0) is 36.8 Å². The van der Waals surface area contributed by atoms with Crippen molar-refractivity contribution in [3.05, 3.63) is 30.1 Å². The highest BCUT2D eigenvalue weighted by Gasteiger charge is 2.36. The number of ether oxygens (including phenoxy) is 1. The van der Waals surface area contributed by atoms with Crippen LogP contribution in [0.25, 0.3) is 0 Å². The lowest BCUT2D eigenvalue weighted by Gasteiger charge is -2.42. The lowest BCUT2D eigenvalue weighted by atomic mass is 9.67. The molecule has 0 unspecified atom stereocenters. The van der Waals surface area contributed by atoms with Crippen molar-refractivity contribution in [2.75, 3.05) is 40.4 Å². The van der Waals surface area contributed by atoms with Crippen LogP contribution >= 0.6 is 0 Å². The molecule has 0 bridgehead atoms. The third-order valence-electron chi connectivity index (χ3n) is 4.73. The van der Waals surface area contributed by atoms with Crippen molar-refractivity contribution in [1.29, 1.82) is 0 Å². The maximum Gasteiger partial charge on any atom is 0.252 e. The summed E-state index contributed by atoms with van der Waals surface area (Å²) in [5.74, 6) is 0.644. The van der Waals surface area contributed by atoms with Crippen LogP contribution in [0.4, 0.5) is 0 Å². The molecule has 138 valence electrons. The van der Waals surface area contributed by atoms with Crippen molar-refractivity contribution in [2.24, 2.45) is 10.4 Å². The summed E-state index contributed by atoms with van der Waals surface area (Å²) in [6.07, 6.45) is 8.05. The molecule has 7 nitrogen and oxygen atoms in total. The Morgan fingerprint density at radius 2 is 2.12 bits per heavy atom. The molecule has 1 amide bonds. The average Bonchev–Trinajstić information content (AvgIpc) is 2.62. The van der Waals surface area contributed by atoms with Gasteiger partial charge in [0.2, 0.25) is 0 Å². The number of nitrogens with one attached hydrogen (secondary N) is 3. The molecular formula is C18H29N5O2. The predicted octanol–water partition coefficient (Wildman–Crippen LogP) is 1.18. The smallest absolute Gasteiger partial charge is 0.252 e. The topological polar surface area (TPSA) is 87.6 Å². The van der Waals surface area contributed by atoms with Gasteiger partial charge >= 0.3 is 0 Å². The van der Waals surface area contributed by atoms with Gasteiger partial charge in [0.1, 0.15) is 0 Å². The van der Waals surface area contributed by atoms with E-state index in [1.54, 1.807) is 38.7 Å². The van der Waals surface area contributed by atoms with E-state index in [0.717, 1.165) is 25.5 Å². The third-order valence-corrected chi connectivity index (χ3v) is 4.73. The van der Waals surface area contributed by atoms with E-state index in [4.69, 9.17) is 4.74 Å². The number of methoxy groups -OCH3 is 1. The average molecular weight is 347 g/mol. The fraction of sp³-hybridized carbons (Fsp3) is 0.611. The molecular weight excluding hydrogens is 318 g/mol. The Labute approximate surface area is 149 Å². The molecule has 1 aliphatic rings. The Bertz CT molecular complexity index is 558. The largest absolute Gasteiger partial charge is 0.385 e. The Hall–Kier alpha value is -2.15. The highest BCUT2D eigenvalue weighted by atomic mass is 16.5. The Balaban J connectivity index is 1.66. The quantitative estimate of drug-likeness (QED) is 0.355. The van der Waals surface area contributed by atoms with Gasteiger partial charge in [0.25, 0.3) is 5.91 Å². The second-order valence-electron chi connectivity index (χ2n) is 6.45. The molecule has 0 radical (unpaired) electrons. The molecule has 1 fully saturated rings. The van der Waals surface area contributed by atoms with Gasteiger partial charge in [-0.3, -0.25) is 14.8 Å². The van der Waals surface area contributed by atoms with E-state index in [-0.39, 0.29) is 5.91 Å². The molecule has 1 saturated carbocycles. The predicted molar refractivity (Wildman–Crippen MR) is 98.7 cm³/mol. The van der Waals surface area contributed by atoms with Crippen LogP contribution in [-0.4, -0.2) is 57.2 Å². The fourth-order valence-electron chi connectivity index (χ4n) is 2.96. The molecule has 3 N–H and O–H groups in total. The summed E-state index contributed by atoms with van der Waals surface area (Å²) >= 11 is 0. The monoisotopic (exact) mass is 347 g/mol. The van der Waals surface area contributed by atoms with Crippen LogP contribution in [0, 0.1) is 5.41 Å². The standard InChI is InChI=1S/C18H29N5O2/c1-19-17(23-14-18(6-4-7-18)8-12-25-2)22-11-10-21-16(24)15-5-3-9-20-13-15/h3,5,9,13H,4,6-8,10-12,14H2,1-2H3,(H,21,24)(H2,19,22,23). The van der Waals surface area contributed by atoms with E-state index in [2.05, 4.69) is 25.9 Å². The number of carbonyl (C=O) groups is 1. The first-order chi connectivity index (χ1) is 12.2. The Morgan fingerprint density at radius 3 is 2.72 bits per heavy atom. The van der Waals surface area contributed by atoms with Crippen LogP contribution in [0.2, 0.25) is 0 Å². The van der Waals surface area contributed by atoms with Crippen molar-refractivity contribution in [1.82, 2.24) is 20.9 Å². The van der Waals surface area contributed by atoms with E-state index in [1.165, 1.54) is 19.3 Å². The molecule has 0 aromatic carbocycles. The normalized spacial score (nSPS) is 16.0. The lowest BCUT2D eigenvalue weighted by Crippen LogP contribution is -2.48. The van der Waals surface area contributed by atoms with Gasteiger partial charge < -0.3 is 20.7 Å². The highest BCUT2D eigenvalue weighted by Crippen LogP contribution is 2.43. The molecule has 1 heterocycles. The first-order valence-corrected chi connectivity index (χ1v) is 8.81. The zero-order valence-corrected chi connectivity index (χ0v) is 15.2. The number of nitrogens with zero attached hydrogens (tertiary/aromatic N) is 2. The van der Waals surface area contributed by atoms with Crippen LogP contribution in [0.15, 0.2) is 29.5 Å². The van der Waals surface area contributed by atoms with Gasteiger partial charge in [-0.25, -0.2) is 0 Å². The van der Waals surface area contributed by atoms with E-state index < -0.39 is 0 Å². The van der Waals surface area contributed by atoms with Crippen LogP contribution in [0.3, 0.4) is 0 Å². The number of guanidine groups is 1. The molecule has 0 aliphatic heterocycles. The van der Waals surface area contributed by atoms with Gasteiger partial charge in [-0.2, -0.15) is 0 Å². The summed E-state index contributed by atoms with van der Waals surface area (Å²) in [4.78, 5) is 20.1. The van der Waals surface area contributed by atoms with Gasteiger partial charge in [-0.15, -0.1) is 0 Å². The number of pyridine rings is 1. The Kier molecular flexibility index (Phi) is 7.66. The van der Waals surface area contributed by atoms with E-state index in [9.17, 15) is 4.79 Å². The minimum atomic E-state index is -0.120. The maximum absolute atomic E-state index is 11.9. The van der Waals surface area contributed by atoms with Gasteiger partial charge in [0.15, 0.2) is 5.96 Å². The summed E-state index contributed by atoms with van der Waals surface area (Å²) in [5, 5.41) is 9.49. The molecule has 7 heteroatoms. The third kappa shape index (κ3) is 6.01. The van der Waals surface area contributed by atoms with Crippen molar-refractivity contribution in [3.63, 3.8) is 0 Å². The van der Waals surface area contributed by atoms with Crippen molar-refractivity contribution < 1.29 is 9.53 Å². The van der Waals surface area contributed by atoms with Crippen molar-refractivity contribution >= 4 is 11.9 Å².